The van der Waals surface area contributed by atoms with Gasteiger partial charge in [0, 0.05) is 0 Å². The van der Waals surface area contributed by atoms with Crippen LogP contribution in [0.2, 0.25) is 6.32 Å². The third-order valence-corrected chi connectivity index (χ3v) is 1.22. The van der Waals surface area contributed by atoms with Gasteiger partial charge in [-0.25, -0.2) is 0 Å². The molecular formula is C4H8BO2. The van der Waals surface area contributed by atoms with Crippen molar-refractivity contribution in [3.05, 3.63) is 0 Å². The van der Waals surface area contributed by atoms with Gasteiger partial charge in [-0.2, -0.15) is 0 Å². The van der Waals surface area contributed by atoms with Gasteiger partial charge in [0.1, 0.15) is 5.69 Å². The zero-order valence-electron chi connectivity index (χ0n) is 4.09. The van der Waals surface area contributed by atoms with Gasteiger partial charge in [0.15, 0.2) is 7.28 Å². The minimum Gasteiger partial charge on any atom is -0.374 e. The Bertz CT molecular complexity index is 64.1. The molecule has 0 spiro atoms. The molecule has 0 saturated carbocycles. The van der Waals surface area contributed by atoms with Gasteiger partial charge in [0.2, 0.25) is 0 Å². The molecule has 7 heavy (non-hydrogen) atoms. The SMILES string of the molecule is OC1(O)[B]CCC1. The molecule has 1 radical (unpaired) electrons. The van der Waals surface area contributed by atoms with Crippen molar-refractivity contribution in [1.82, 2.24) is 0 Å². The highest BCUT2D eigenvalue weighted by Gasteiger charge is 2.28. The fraction of sp³-hybridized carbons (Fsp3) is 1.00. The van der Waals surface area contributed by atoms with Gasteiger partial charge >= 0.3 is 0 Å². The van der Waals surface area contributed by atoms with E-state index in [-0.39, 0.29) is 0 Å². The maximum atomic E-state index is 8.69. The molecule has 1 aliphatic rings. The summed E-state index contributed by atoms with van der Waals surface area (Å²) in [5.41, 5.74) is -1.43. The topological polar surface area (TPSA) is 40.5 Å². The van der Waals surface area contributed by atoms with Crippen LogP contribution in [0.1, 0.15) is 12.8 Å². The van der Waals surface area contributed by atoms with Crippen molar-refractivity contribution < 1.29 is 10.2 Å². The van der Waals surface area contributed by atoms with E-state index in [1.807, 2.05) is 0 Å². The van der Waals surface area contributed by atoms with Crippen LogP contribution >= 0.6 is 0 Å². The highest BCUT2D eigenvalue weighted by atomic mass is 16.5. The molecule has 2 nitrogen and oxygen atoms in total. The van der Waals surface area contributed by atoms with Crippen molar-refractivity contribution in [2.45, 2.75) is 24.8 Å². The van der Waals surface area contributed by atoms with E-state index >= 15 is 0 Å². The van der Waals surface area contributed by atoms with Crippen molar-refractivity contribution >= 4 is 7.28 Å². The summed E-state index contributed by atoms with van der Waals surface area (Å²) < 4.78 is 0. The van der Waals surface area contributed by atoms with E-state index in [0.717, 1.165) is 12.7 Å². The lowest BCUT2D eigenvalue weighted by Gasteiger charge is -2.11. The summed E-state index contributed by atoms with van der Waals surface area (Å²) in [6.45, 7) is 0. The third-order valence-electron chi connectivity index (χ3n) is 1.22. The molecule has 39 valence electrons. The Labute approximate surface area is 43.4 Å². The van der Waals surface area contributed by atoms with E-state index in [1.165, 1.54) is 7.28 Å². The Morgan fingerprint density at radius 2 is 2.14 bits per heavy atom. The zero-order valence-corrected chi connectivity index (χ0v) is 4.09. The van der Waals surface area contributed by atoms with Crippen LogP contribution in [0, 0.1) is 0 Å². The quantitative estimate of drug-likeness (QED) is 0.318. The monoisotopic (exact) mass is 99.1 g/mol. The zero-order chi connectivity index (χ0) is 5.33. The number of rotatable bonds is 0. The predicted octanol–water partition coefficient (Wildman–Crippen LogP) is -0.459. The molecule has 0 aliphatic carbocycles. The van der Waals surface area contributed by atoms with Crippen molar-refractivity contribution in [3.8, 4) is 0 Å². The Morgan fingerprint density at radius 3 is 2.29 bits per heavy atom. The van der Waals surface area contributed by atoms with E-state index in [9.17, 15) is 0 Å². The molecule has 1 rings (SSSR count). The first-order valence-corrected chi connectivity index (χ1v) is 2.50. The molecule has 3 heteroatoms. The Hall–Kier alpha value is -0.0151. The summed E-state index contributed by atoms with van der Waals surface area (Å²) in [5.74, 6) is 0. The standard InChI is InChI=1S/C4H8BO2/c6-4(7)2-1-3-5-4/h6-7H,1-3H2. The molecule has 0 amide bonds. The van der Waals surface area contributed by atoms with Gasteiger partial charge in [-0.3, -0.25) is 0 Å². The molecule has 0 atom stereocenters. The largest absolute Gasteiger partial charge is 0.374 e. The molecule has 1 fully saturated rings. The second kappa shape index (κ2) is 1.49. The van der Waals surface area contributed by atoms with Crippen LogP contribution in [-0.2, 0) is 0 Å². The average molecular weight is 98.9 g/mol. The van der Waals surface area contributed by atoms with Crippen molar-refractivity contribution in [3.63, 3.8) is 0 Å². The van der Waals surface area contributed by atoms with Crippen LogP contribution in [0.25, 0.3) is 0 Å². The molecule has 0 aromatic heterocycles. The maximum absolute atomic E-state index is 8.69. The van der Waals surface area contributed by atoms with Gasteiger partial charge in [0.25, 0.3) is 0 Å². The van der Waals surface area contributed by atoms with Crippen LogP contribution in [0.4, 0.5) is 0 Å². The minimum atomic E-state index is -1.43. The number of hydrogen-bond acceptors (Lipinski definition) is 2. The highest BCUT2D eigenvalue weighted by Crippen LogP contribution is 2.18. The molecule has 0 unspecified atom stereocenters. The molecule has 0 aromatic carbocycles. The molecule has 0 bridgehead atoms. The third kappa shape index (κ3) is 1.18. The second-order valence-electron chi connectivity index (χ2n) is 1.97. The van der Waals surface area contributed by atoms with E-state index < -0.39 is 5.69 Å². The fourth-order valence-corrected chi connectivity index (χ4v) is 0.798. The predicted molar refractivity (Wildman–Crippen MR) is 27.0 cm³/mol. The molecule has 1 heterocycles. The van der Waals surface area contributed by atoms with E-state index in [4.69, 9.17) is 10.2 Å². The van der Waals surface area contributed by atoms with E-state index in [0.29, 0.717) is 6.42 Å². The maximum Gasteiger partial charge on any atom is 0.190 e. The molecule has 0 aromatic rings. The Kier molecular flexibility index (Phi) is 1.09. The van der Waals surface area contributed by atoms with E-state index in [2.05, 4.69) is 0 Å². The number of hydrogen-bond donors (Lipinski definition) is 2. The molecule has 1 saturated heterocycles. The van der Waals surface area contributed by atoms with Crippen LogP contribution in [-0.4, -0.2) is 23.2 Å². The van der Waals surface area contributed by atoms with Gasteiger partial charge in [0.05, 0.1) is 0 Å². The van der Waals surface area contributed by atoms with Crippen LogP contribution < -0.4 is 0 Å². The van der Waals surface area contributed by atoms with Gasteiger partial charge < -0.3 is 10.2 Å². The first-order chi connectivity index (χ1) is 3.21. The second-order valence-corrected chi connectivity index (χ2v) is 1.97. The summed E-state index contributed by atoms with van der Waals surface area (Å²) in [6.07, 6.45) is 2.26. The highest BCUT2D eigenvalue weighted by molar-refractivity contribution is 6.39. The van der Waals surface area contributed by atoms with Crippen LogP contribution in [0.3, 0.4) is 0 Å². The first kappa shape index (κ1) is 5.13. The minimum absolute atomic E-state index is 0.507. The van der Waals surface area contributed by atoms with Crippen molar-refractivity contribution in [1.29, 1.82) is 0 Å². The Balaban J connectivity index is 2.40. The van der Waals surface area contributed by atoms with Crippen molar-refractivity contribution in [2.24, 2.45) is 0 Å². The lowest BCUT2D eigenvalue weighted by atomic mass is 9.71. The van der Waals surface area contributed by atoms with Gasteiger partial charge in [-0.15, -0.1) is 0 Å². The summed E-state index contributed by atoms with van der Waals surface area (Å²) in [6, 6.07) is 0. The van der Waals surface area contributed by atoms with Crippen molar-refractivity contribution in [2.75, 3.05) is 0 Å². The summed E-state index contributed by atoms with van der Waals surface area (Å²) in [7, 11) is 1.53. The summed E-state index contributed by atoms with van der Waals surface area (Å²) in [5, 5.41) is 17.4. The smallest absolute Gasteiger partial charge is 0.190 e. The molecule has 2 N–H and O–H groups in total. The number of aliphatic hydroxyl groups is 2. The molecular weight excluding hydrogens is 90.9 g/mol. The Morgan fingerprint density at radius 1 is 1.43 bits per heavy atom. The lowest BCUT2D eigenvalue weighted by molar-refractivity contribution is -0.0865. The molecule has 1 aliphatic heterocycles. The fourth-order valence-electron chi connectivity index (χ4n) is 0.798. The lowest BCUT2D eigenvalue weighted by Crippen LogP contribution is -2.29. The first-order valence-electron chi connectivity index (χ1n) is 2.50. The van der Waals surface area contributed by atoms with Gasteiger partial charge in [-0.05, 0) is 6.42 Å². The van der Waals surface area contributed by atoms with Crippen LogP contribution in [0.15, 0.2) is 0 Å². The normalized spacial score (nSPS) is 27.1. The van der Waals surface area contributed by atoms with Crippen LogP contribution in [0.5, 0.6) is 0 Å². The van der Waals surface area contributed by atoms with Gasteiger partial charge in [-0.1, -0.05) is 12.7 Å². The summed E-state index contributed by atoms with van der Waals surface area (Å²) in [4.78, 5) is 0. The summed E-state index contributed by atoms with van der Waals surface area (Å²) >= 11 is 0. The van der Waals surface area contributed by atoms with E-state index in [1.54, 1.807) is 0 Å². The average Bonchev–Trinajstić information content (AvgIpc) is 1.84.